The smallest absolute Gasteiger partial charge is 0.326 e. The van der Waals surface area contributed by atoms with Crippen LogP contribution in [0.4, 0.5) is 0 Å². The Labute approximate surface area is 109 Å². The maximum absolute atomic E-state index is 11.7. The Kier molecular flexibility index (Phi) is 6.32. The van der Waals surface area contributed by atoms with Crippen LogP contribution < -0.4 is 11.1 Å². The van der Waals surface area contributed by atoms with Gasteiger partial charge in [-0.3, -0.25) is 4.79 Å². The van der Waals surface area contributed by atoms with Crippen molar-refractivity contribution >= 4 is 11.9 Å². The zero-order valence-electron chi connectivity index (χ0n) is 12.0. The number of nitrogens with one attached hydrogen (secondary N) is 1. The molecule has 2 atom stereocenters. The largest absolute Gasteiger partial charge is 0.480 e. The fraction of sp³-hybridized carbons (Fsp3) is 0.846. The highest BCUT2D eigenvalue weighted by Gasteiger charge is 2.25. The summed E-state index contributed by atoms with van der Waals surface area (Å²) in [6.07, 6.45) is 0.883. The predicted molar refractivity (Wildman–Crippen MR) is 71.1 cm³/mol. The number of amides is 1. The number of hydrogen-bond donors (Lipinski definition) is 3. The number of carboxylic acid groups (broad SMARTS) is 1. The van der Waals surface area contributed by atoms with E-state index in [9.17, 15) is 9.59 Å². The molecule has 5 nitrogen and oxygen atoms in total. The van der Waals surface area contributed by atoms with Gasteiger partial charge < -0.3 is 16.2 Å². The quantitative estimate of drug-likeness (QED) is 0.671. The molecule has 0 aromatic rings. The van der Waals surface area contributed by atoms with Crippen molar-refractivity contribution in [3.63, 3.8) is 0 Å². The maximum atomic E-state index is 11.7. The third kappa shape index (κ3) is 7.27. The zero-order valence-corrected chi connectivity index (χ0v) is 12.0. The second kappa shape index (κ2) is 6.73. The summed E-state index contributed by atoms with van der Waals surface area (Å²) in [4.78, 5) is 22.6. The van der Waals surface area contributed by atoms with E-state index in [4.69, 9.17) is 10.8 Å². The average molecular weight is 258 g/mol. The van der Waals surface area contributed by atoms with Gasteiger partial charge in [-0.25, -0.2) is 4.79 Å². The summed E-state index contributed by atoms with van der Waals surface area (Å²) in [6.45, 7) is 9.68. The molecule has 0 heterocycles. The van der Waals surface area contributed by atoms with Crippen LogP contribution >= 0.6 is 0 Å². The zero-order chi connectivity index (χ0) is 14.5. The van der Waals surface area contributed by atoms with Gasteiger partial charge in [-0.2, -0.15) is 0 Å². The van der Waals surface area contributed by atoms with E-state index in [1.54, 1.807) is 13.8 Å². The molecule has 0 spiro atoms. The Bertz CT molecular complexity index is 295. The number of carbonyl (C=O) groups is 2. The number of nitrogens with two attached hydrogens (primary N) is 1. The van der Waals surface area contributed by atoms with E-state index < -0.39 is 12.0 Å². The van der Waals surface area contributed by atoms with Crippen LogP contribution in [0.15, 0.2) is 0 Å². The molecule has 0 aromatic carbocycles. The van der Waals surface area contributed by atoms with Gasteiger partial charge in [0, 0.05) is 12.5 Å². The molecule has 0 bridgehead atoms. The van der Waals surface area contributed by atoms with E-state index in [0.717, 1.165) is 6.42 Å². The van der Waals surface area contributed by atoms with Crippen LogP contribution in [0.5, 0.6) is 0 Å². The molecule has 0 aliphatic rings. The summed E-state index contributed by atoms with van der Waals surface area (Å²) >= 11 is 0. The summed E-state index contributed by atoms with van der Waals surface area (Å²) in [5, 5.41) is 11.5. The predicted octanol–water partition coefficient (Wildman–Crippen LogP) is 1.37. The highest BCUT2D eigenvalue weighted by Crippen LogP contribution is 2.21. The second-order valence-corrected chi connectivity index (χ2v) is 6.36. The number of carboxylic acids is 1. The lowest BCUT2D eigenvalue weighted by Crippen LogP contribution is -2.46. The third-order valence-corrected chi connectivity index (χ3v) is 2.57. The Morgan fingerprint density at radius 1 is 1.28 bits per heavy atom. The Balaban J connectivity index is 4.29. The van der Waals surface area contributed by atoms with Crippen LogP contribution in [0.1, 0.15) is 47.5 Å². The van der Waals surface area contributed by atoms with Gasteiger partial charge in [-0.15, -0.1) is 0 Å². The van der Waals surface area contributed by atoms with E-state index in [2.05, 4.69) is 26.1 Å². The third-order valence-electron chi connectivity index (χ3n) is 2.57. The number of aliphatic carboxylic acids is 1. The van der Waals surface area contributed by atoms with Crippen molar-refractivity contribution in [2.45, 2.75) is 59.5 Å². The van der Waals surface area contributed by atoms with Gasteiger partial charge in [0.25, 0.3) is 0 Å². The molecule has 4 N–H and O–H groups in total. The normalized spacial score (nSPS) is 15.3. The molecule has 106 valence electrons. The molecule has 0 aliphatic heterocycles. The van der Waals surface area contributed by atoms with Crippen molar-refractivity contribution in [1.29, 1.82) is 0 Å². The molecule has 0 aromatic heterocycles. The van der Waals surface area contributed by atoms with E-state index in [1.165, 1.54) is 0 Å². The second-order valence-electron chi connectivity index (χ2n) is 6.36. The van der Waals surface area contributed by atoms with Crippen molar-refractivity contribution in [2.24, 2.45) is 17.1 Å². The number of rotatable bonds is 6. The molecule has 18 heavy (non-hydrogen) atoms. The standard InChI is InChI=1S/C13H26N2O3/c1-8(2)11(12(17)18)15-10(16)6-9(14)7-13(3,4)5/h8-9,11H,6-7,14H2,1-5H3,(H,15,16)(H,17,18)/t9?,11-/m1/s1. The van der Waals surface area contributed by atoms with Crippen LogP contribution in [0.25, 0.3) is 0 Å². The molecular weight excluding hydrogens is 232 g/mol. The fourth-order valence-electron chi connectivity index (χ4n) is 1.84. The van der Waals surface area contributed by atoms with Crippen molar-refractivity contribution in [3.8, 4) is 0 Å². The molecule has 0 aliphatic carbocycles. The maximum Gasteiger partial charge on any atom is 0.326 e. The highest BCUT2D eigenvalue weighted by atomic mass is 16.4. The lowest BCUT2D eigenvalue weighted by molar-refractivity contribution is -0.143. The van der Waals surface area contributed by atoms with Gasteiger partial charge in [-0.1, -0.05) is 34.6 Å². The first kappa shape index (κ1) is 16.9. The molecule has 0 radical (unpaired) electrons. The summed E-state index contributed by atoms with van der Waals surface area (Å²) in [5.74, 6) is -1.46. The highest BCUT2D eigenvalue weighted by molar-refractivity contribution is 5.83. The average Bonchev–Trinajstić information content (AvgIpc) is 2.09. The van der Waals surface area contributed by atoms with E-state index in [0.29, 0.717) is 0 Å². The van der Waals surface area contributed by atoms with E-state index in [1.807, 2.05) is 0 Å². The van der Waals surface area contributed by atoms with Gasteiger partial charge >= 0.3 is 5.97 Å². The first-order valence-electron chi connectivity index (χ1n) is 6.30. The summed E-state index contributed by atoms with van der Waals surface area (Å²) < 4.78 is 0. The summed E-state index contributed by atoms with van der Waals surface area (Å²) in [7, 11) is 0. The molecular formula is C13H26N2O3. The van der Waals surface area contributed by atoms with Crippen molar-refractivity contribution in [3.05, 3.63) is 0 Å². The van der Waals surface area contributed by atoms with Crippen molar-refractivity contribution in [2.75, 3.05) is 0 Å². The van der Waals surface area contributed by atoms with E-state index >= 15 is 0 Å². The molecule has 5 heteroatoms. The molecule has 0 saturated carbocycles. The van der Waals surface area contributed by atoms with E-state index in [-0.39, 0.29) is 29.7 Å². The Morgan fingerprint density at radius 2 is 1.78 bits per heavy atom. The van der Waals surface area contributed by atoms with Crippen LogP contribution in [-0.4, -0.2) is 29.1 Å². The minimum absolute atomic E-state index is 0.0595. The molecule has 0 fully saturated rings. The molecule has 0 saturated heterocycles. The number of hydrogen-bond acceptors (Lipinski definition) is 3. The molecule has 0 rings (SSSR count). The SMILES string of the molecule is CC(C)[C@@H](NC(=O)CC(N)CC(C)(C)C)C(=O)O. The Hall–Kier alpha value is -1.10. The van der Waals surface area contributed by atoms with Gasteiger partial charge in [-0.05, 0) is 17.8 Å². The van der Waals surface area contributed by atoms with Crippen molar-refractivity contribution in [1.82, 2.24) is 5.32 Å². The first-order chi connectivity index (χ1) is 8.03. The Morgan fingerprint density at radius 3 is 2.11 bits per heavy atom. The van der Waals surface area contributed by atoms with Gasteiger partial charge in [0.05, 0.1) is 0 Å². The first-order valence-corrected chi connectivity index (χ1v) is 6.30. The lowest BCUT2D eigenvalue weighted by Gasteiger charge is -2.24. The molecule has 1 unspecified atom stereocenters. The monoisotopic (exact) mass is 258 g/mol. The van der Waals surface area contributed by atoms with Gasteiger partial charge in [0.1, 0.15) is 6.04 Å². The van der Waals surface area contributed by atoms with Crippen LogP contribution in [0.3, 0.4) is 0 Å². The van der Waals surface area contributed by atoms with Crippen LogP contribution in [0, 0.1) is 11.3 Å². The number of carbonyl (C=O) groups excluding carboxylic acids is 1. The lowest BCUT2D eigenvalue weighted by atomic mass is 9.87. The summed E-state index contributed by atoms with van der Waals surface area (Å²) in [5.41, 5.74) is 5.94. The summed E-state index contributed by atoms with van der Waals surface area (Å²) in [6, 6.07) is -1.09. The topological polar surface area (TPSA) is 92.4 Å². The van der Waals surface area contributed by atoms with Crippen LogP contribution in [-0.2, 0) is 9.59 Å². The van der Waals surface area contributed by atoms with Gasteiger partial charge in [0.15, 0.2) is 0 Å². The minimum atomic E-state index is -1.01. The minimum Gasteiger partial charge on any atom is -0.480 e. The molecule has 1 amide bonds. The van der Waals surface area contributed by atoms with Gasteiger partial charge in [0.2, 0.25) is 5.91 Å². The fourth-order valence-corrected chi connectivity index (χ4v) is 1.84. The van der Waals surface area contributed by atoms with Crippen LogP contribution in [0.2, 0.25) is 0 Å². The van der Waals surface area contributed by atoms with Crippen molar-refractivity contribution < 1.29 is 14.7 Å².